The third-order valence-electron chi connectivity index (χ3n) is 4.77. The lowest BCUT2D eigenvalue weighted by molar-refractivity contribution is -0.150. The summed E-state index contributed by atoms with van der Waals surface area (Å²) in [5, 5.41) is 3.26. The highest BCUT2D eigenvalue weighted by Gasteiger charge is 2.52. The molecular weight excluding hydrogens is 228 g/mol. The van der Waals surface area contributed by atoms with Crippen molar-refractivity contribution < 1.29 is 9.53 Å². The zero-order chi connectivity index (χ0) is 13.3. The molecule has 2 unspecified atom stereocenters. The quantitative estimate of drug-likeness (QED) is 0.695. The molecule has 2 atom stereocenters. The van der Waals surface area contributed by atoms with E-state index in [1.165, 1.54) is 20.0 Å². The SMILES string of the molecule is CNC(CN(C)C(C)C1CC1)(C(=O)OC)C1CC1. The Morgan fingerprint density at radius 3 is 2.44 bits per heavy atom. The standard InChI is InChI=1S/C14H26N2O2/c1-10(11-5-6-11)16(3)9-14(15-2,12-7-8-12)13(17)18-4/h10-12,15H,5-9H2,1-4H3. The van der Waals surface area contributed by atoms with Crippen LogP contribution in [0.3, 0.4) is 0 Å². The van der Waals surface area contributed by atoms with E-state index < -0.39 is 5.54 Å². The highest BCUT2D eigenvalue weighted by molar-refractivity contribution is 5.82. The first-order valence-electron chi connectivity index (χ1n) is 7.02. The first-order valence-corrected chi connectivity index (χ1v) is 7.02. The maximum Gasteiger partial charge on any atom is 0.327 e. The van der Waals surface area contributed by atoms with Gasteiger partial charge in [0, 0.05) is 12.6 Å². The lowest BCUT2D eigenvalue weighted by Gasteiger charge is -2.37. The number of hydrogen-bond acceptors (Lipinski definition) is 4. The Morgan fingerprint density at radius 1 is 1.44 bits per heavy atom. The monoisotopic (exact) mass is 254 g/mol. The first-order chi connectivity index (χ1) is 8.55. The summed E-state index contributed by atoms with van der Waals surface area (Å²) < 4.78 is 5.04. The number of nitrogens with one attached hydrogen (secondary N) is 1. The molecule has 0 aromatic rings. The van der Waals surface area contributed by atoms with Gasteiger partial charge in [-0.15, -0.1) is 0 Å². The van der Waals surface area contributed by atoms with Gasteiger partial charge in [0.2, 0.25) is 0 Å². The van der Waals surface area contributed by atoms with Crippen LogP contribution >= 0.6 is 0 Å². The minimum absolute atomic E-state index is 0.109. The van der Waals surface area contributed by atoms with E-state index in [4.69, 9.17) is 4.74 Å². The third-order valence-corrected chi connectivity index (χ3v) is 4.77. The van der Waals surface area contributed by atoms with E-state index in [2.05, 4.69) is 24.2 Å². The molecule has 2 aliphatic rings. The maximum absolute atomic E-state index is 12.2. The molecule has 0 aromatic heterocycles. The Hall–Kier alpha value is -0.610. The van der Waals surface area contributed by atoms with Crippen molar-refractivity contribution >= 4 is 5.97 Å². The summed E-state index contributed by atoms with van der Waals surface area (Å²) in [6, 6.07) is 0.557. The topological polar surface area (TPSA) is 41.6 Å². The molecule has 0 spiro atoms. The number of methoxy groups -OCH3 is 1. The minimum atomic E-state index is -0.507. The fraction of sp³-hybridized carbons (Fsp3) is 0.929. The van der Waals surface area contributed by atoms with Crippen molar-refractivity contribution in [1.29, 1.82) is 0 Å². The third kappa shape index (κ3) is 2.54. The van der Waals surface area contributed by atoms with Crippen molar-refractivity contribution in [3.8, 4) is 0 Å². The summed E-state index contributed by atoms with van der Waals surface area (Å²) in [4.78, 5) is 14.5. The van der Waals surface area contributed by atoms with Crippen LogP contribution in [0.15, 0.2) is 0 Å². The van der Waals surface area contributed by atoms with E-state index >= 15 is 0 Å². The molecule has 4 nitrogen and oxygen atoms in total. The van der Waals surface area contributed by atoms with Gasteiger partial charge in [-0.3, -0.25) is 0 Å². The number of likely N-dealkylation sites (N-methyl/N-ethyl adjacent to an activating group) is 2. The molecule has 1 N–H and O–H groups in total. The molecule has 0 aromatic carbocycles. The molecule has 0 aliphatic heterocycles. The lowest BCUT2D eigenvalue weighted by Crippen LogP contribution is -2.60. The Bertz CT molecular complexity index is 313. The van der Waals surface area contributed by atoms with Crippen molar-refractivity contribution in [3.05, 3.63) is 0 Å². The molecule has 0 saturated heterocycles. The van der Waals surface area contributed by atoms with Crippen LogP contribution < -0.4 is 5.32 Å². The Labute approximate surface area is 110 Å². The molecule has 0 heterocycles. The van der Waals surface area contributed by atoms with Crippen LogP contribution in [0.1, 0.15) is 32.6 Å². The van der Waals surface area contributed by atoms with Crippen molar-refractivity contribution in [1.82, 2.24) is 10.2 Å². The average Bonchev–Trinajstić information content (AvgIpc) is 3.23. The van der Waals surface area contributed by atoms with Crippen LogP contribution in [-0.4, -0.2) is 50.2 Å². The molecule has 0 radical (unpaired) electrons. The summed E-state index contributed by atoms with van der Waals surface area (Å²) in [6.07, 6.45) is 4.92. The van der Waals surface area contributed by atoms with Gasteiger partial charge < -0.3 is 15.0 Å². The molecule has 4 heteroatoms. The van der Waals surface area contributed by atoms with Crippen LogP contribution in [0.4, 0.5) is 0 Å². The number of nitrogens with zero attached hydrogens (tertiary/aromatic N) is 1. The highest BCUT2D eigenvalue weighted by Crippen LogP contribution is 2.42. The molecule has 104 valence electrons. The van der Waals surface area contributed by atoms with E-state index in [0.717, 1.165) is 25.3 Å². The second-order valence-corrected chi connectivity index (χ2v) is 5.98. The Morgan fingerprint density at radius 2 is 2.06 bits per heavy atom. The fourth-order valence-corrected chi connectivity index (χ4v) is 2.98. The predicted molar refractivity (Wildman–Crippen MR) is 71.3 cm³/mol. The molecule has 0 bridgehead atoms. The molecular formula is C14H26N2O2. The van der Waals surface area contributed by atoms with Gasteiger partial charge in [-0.05, 0) is 58.5 Å². The second-order valence-electron chi connectivity index (χ2n) is 5.98. The minimum Gasteiger partial charge on any atom is -0.468 e. The number of hydrogen-bond donors (Lipinski definition) is 1. The van der Waals surface area contributed by atoms with Crippen LogP contribution in [0.25, 0.3) is 0 Å². The van der Waals surface area contributed by atoms with Crippen LogP contribution in [-0.2, 0) is 9.53 Å². The normalized spacial score (nSPS) is 24.7. The lowest BCUT2D eigenvalue weighted by atomic mass is 9.92. The number of esters is 1. The average molecular weight is 254 g/mol. The largest absolute Gasteiger partial charge is 0.468 e. The summed E-state index contributed by atoms with van der Waals surface area (Å²) in [5.41, 5.74) is -0.507. The van der Waals surface area contributed by atoms with E-state index in [0.29, 0.717) is 12.0 Å². The smallest absolute Gasteiger partial charge is 0.327 e. The first kappa shape index (κ1) is 13.8. The zero-order valence-electron chi connectivity index (χ0n) is 12.0. The summed E-state index contributed by atoms with van der Waals surface area (Å²) >= 11 is 0. The molecule has 2 aliphatic carbocycles. The summed E-state index contributed by atoms with van der Waals surface area (Å²) in [6.45, 7) is 3.01. The van der Waals surface area contributed by atoms with Gasteiger partial charge in [0.15, 0.2) is 0 Å². The summed E-state index contributed by atoms with van der Waals surface area (Å²) in [5.74, 6) is 1.15. The van der Waals surface area contributed by atoms with Crippen molar-refractivity contribution in [2.45, 2.75) is 44.2 Å². The molecule has 18 heavy (non-hydrogen) atoms. The molecule has 2 rings (SSSR count). The van der Waals surface area contributed by atoms with Crippen molar-refractivity contribution in [3.63, 3.8) is 0 Å². The zero-order valence-corrected chi connectivity index (χ0v) is 12.0. The maximum atomic E-state index is 12.2. The molecule has 2 saturated carbocycles. The van der Waals surface area contributed by atoms with Gasteiger partial charge in [-0.2, -0.15) is 0 Å². The predicted octanol–water partition coefficient (Wildman–Crippen LogP) is 1.26. The van der Waals surface area contributed by atoms with Gasteiger partial charge in [-0.1, -0.05) is 0 Å². The van der Waals surface area contributed by atoms with E-state index in [-0.39, 0.29) is 5.97 Å². The van der Waals surface area contributed by atoms with E-state index in [1.807, 2.05) is 7.05 Å². The molecule has 0 amide bonds. The van der Waals surface area contributed by atoms with Gasteiger partial charge in [0.25, 0.3) is 0 Å². The van der Waals surface area contributed by atoms with E-state index in [1.54, 1.807) is 0 Å². The van der Waals surface area contributed by atoms with Gasteiger partial charge in [0.1, 0.15) is 5.54 Å². The molecule has 2 fully saturated rings. The number of rotatable bonds is 7. The van der Waals surface area contributed by atoms with Crippen molar-refractivity contribution in [2.75, 3.05) is 27.7 Å². The fourth-order valence-electron chi connectivity index (χ4n) is 2.98. The van der Waals surface area contributed by atoms with Crippen LogP contribution in [0, 0.1) is 11.8 Å². The van der Waals surface area contributed by atoms with E-state index in [9.17, 15) is 4.79 Å². The Kier molecular flexibility index (Phi) is 3.97. The van der Waals surface area contributed by atoms with Gasteiger partial charge in [0.05, 0.1) is 7.11 Å². The highest BCUT2D eigenvalue weighted by atomic mass is 16.5. The second kappa shape index (κ2) is 5.17. The van der Waals surface area contributed by atoms with Crippen LogP contribution in [0.2, 0.25) is 0 Å². The van der Waals surface area contributed by atoms with Crippen LogP contribution in [0.5, 0.6) is 0 Å². The van der Waals surface area contributed by atoms with Gasteiger partial charge >= 0.3 is 5.97 Å². The Balaban J connectivity index is 2.06. The number of carbonyl (C=O) groups excluding carboxylic acids is 1. The summed E-state index contributed by atoms with van der Waals surface area (Å²) in [7, 11) is 5.49. The number of ether oxygens (including phenoxy) is 1. The van der Waals surface area contributed by atoms with Crippen molar-refractivity contribution in [2.24, 2.45) is 11.8 Å². The number of carbonyl (C=O) groups is 1. The van der Waals surface area contributed by atoms with Gasteiger partial charge in [-0.25, -0.2) is 4.79 Å².